The second-order valence-corrected chi connectivity index (χ2v) is 5.99. The van der Waals surface area contributed by atoms with Crippen molar-refractivity contribution in [2.75, 3.05) is 6.54 Å². The van der Waals surface area contributed by atoms with Gasteiger partial charge in [0, 0.05) is 31.0 Å². The Balaban J connectivity index is 2.31. The largest absolute Gasteiger partial charge is 0.331 e. The van der Waals surface area contributed by atoms with Crippen LogP contribution in [0.15, 0.2) is 12.5 Å². The number of imidazole rings is 1. The molecule has 2 heterocycles. The molecule has 0 amide bonds. The highest BCUT2D eigenvalue weighted by Crippen LogP contribution is 2.24. The van der Waals surface area contributed by atoms with Crippen molar-refractivity contribution < 1.29 is 0 Å². The average Bonchev–Trinajstić information content (AvgIpc) is 2.81. The van der Waals surface area contributed by atoms with Crippen LogP contribution in [-0.4, -0.2) is 32.1 Å². The molecule has 114 valence electrons. The summed E-state index contributed by atoms with van der Waals surface area (Å²) in [5.41, 5.74) is 4.29. The van der Waals surface area contributed by atoms with Crippen molar-refractivity contribution in [2.24, 2.45) is 7.05 Å². The summed E-state index contributed by atoms with van der Waals surface area (Å²) in [7, 11) is 1.96. The van der Waals surface area contributed by atoms with Gasteiger partial charge in [0.25, 0.3) is 0 Å². The van der Waals surface area contributed by atoms with Crippen molar-refractivity contribution in [3.8, 4) is 11.5 Å². The van der Waals surface area contributed by atoms with Crippen molar-refractivity contribution in [1.82, 2.24) is 24.8 Å². The van der Waals surface area contributed by atoms with E-state index in [1.54, 1.807) is 12.5 Å². The average molecular weight is 287 g/mol. The number of aryl methyl sites for hydroxylation is 3. The third kappa shape index (κ3) is 3.47. The highest BCUT2D eigenvalue weighted by Gasteiger charge is 2.17. The number of nitrogens with zero attached hydrogens (tertiary/aromatic N) is 4. The van der Waals surface area contributed by atoms with Gasteiger partial charge in [-0.1, -0.05) is 20.8 Å². The molecule has 0 aromatic carbocycles. The number of hydrogen-bond acceptors (Lipinski definition) is 4. The Kier molecular flexibility index (Phi) is 4.73. The van der Waals surface area contributed by atoms with E-state index >= 15 is 0 Å². The van der Waals surface area contributed by atoms with Crippen molar-refractivity contribution in [2.45, 2.75) is 46.6 Å². The number of aromatic nitrogens is 4. The first-order valence-electron chi connectivity index (χ1n) is 7.45. The van der Waals surface area contributed by atoms with E-state index in [0.717, 1.165) is 29.5 Å². The summed E-state index contributed by atoms with van der Waals surface area (Å²) in [5, 5.41) is 3.48. The van der Waals surface area contributed by atoms with Crippen LogP contribution in [0.5, 0.6) is 0 Å². The van der Waals surface area contributed by atoms with Crippen molar-refractivity contribution in [3.05, 3.63) is 29.5 Å². The molecule has 0 aliphatic carbocycles. The number of nitrogens with one attached hydrogen (secondary N) is 1. The van der Waals surface area contributed by atoms with E-state index < -0.39 is 0 Å². The Bertz CT molecular complexity index is 592. The smallest absolute Gasteiger partial charge is 0.178 e. The van der Waals surface area contributed by atoms with E-state index in [0.29, 0.717) is 12.0 Å². The Labute approximate surface area is 126 Å². The minimum absolute atomic E-state index is 0.396. The van der Waals surface area contributed by atoms with Gasteiger partial charge in [0.1, 0.15) is 5.69 Å². The van der Waals surface area contributed by atoms with E-state index in [1.165, 1.54) is 5.56 Å². The molecule has 0 aliphatic rings. The lowest BCUT2D eigenvalue weighted by Gasteiger charge is -2.19. The maximum atomic E-state index is 4.69. The van der Waals surface area contributed by atoms with Gasteiger partial charge >= 0.3 is 0 Å². The second-order valence-electron chi connectivity index (χ2n) is 5.99. The third-order valence-electron chi connectivity index (χ3n) is 3.70. The first-order chi connectivity index (χ1) is 9.90. The Morgan fingerprint density at radius 2 is 1.76 bits per heavy atom. The van der Waals surface area contributed by atoms with E-state index in [1.807, 2.05) is 11.6 Å². The molecule has 0 aliphatic heterocycles. The summed E-state index contributed by atoms with van der Waals surface area (Å²) >= 11 is 0. The summed E-state index contributed by atoms with van der Waals surface area (Å²) in [5.74, 6) is 1.14. The van der Waals surface area contributed by atoms with Crippen LogP contribution < -0.4 is 5.32 Å². The summed E-state index contributed by atoms with van der Waals surface area (Å²) < 4.78 is 1.94. The van der Waals surface area contributed by atoms with Crippen LogP contribution in [0.4, 0.5) is 0 Å². The van der Waals surface area contributed by atoms with Gasteiger partial charge in [-0.15, -0.1) is 0 Å². The van der Waals surface area contributed by atoms with Crippen LogP contribution in [0.25, 0.3) is 11.5 Å². The Morgan fingerprint density at radius 3 is 2.24 bits per heavy atom. The monoisotopic (exact) mass is 287 g/mol. The zero-order valence-electron chi connectivity index (χ0n) is 13.8. The third-order valence-corrected chi connectivity index (χ3v) is 3.70. The maximum Gasteiger partial charge on any atom is 0.178 e. The van der Waals surface area contributed by atoms with Crippen LogP contribution in [-0.2, 0) is 7.05 Å². The van der Waals surface area contributed by atoms with Crippen LogP contribution in [0, 0.1) is 13.8 Å². The quantitative estimate of drug-likeness (QED) is 0.918. The molecule has 0 bridgehead atoms. The molecule has 5 heteroatoms. The zero-order chi connectivity index (χ0) is 15.6. The van der Waals surface area contributed by atoms with Gasteiger partial charge in [0.15, 0.2) is 5.82 Å². The van der Waals surface area contributed by atoms with E-state index in [4.69, 9.17) is 0 Å². The Hall–Kier alpha value is -1.75. The highest BCUT2D eigenvalue weighted by molar-refractivity contribution is 5.50. The zero-order valence-corrected chi connectivity index (χ0v) is 13.8. The molecule has 0 saturated heterocycles. The summed E-state index contributed by atoms with van der Waals surface area (Å²) in [6.07, 6.45) is 3.57. The maximum absolute atomic E-state index is 4.69. The SMILES string of the molecule is Cc1nc(-c2cncn2C)nc(C)c1C(C)CNC(C)C. The van der Waals surface area contributed by atoms with Crippen molar-refractivity contribution in [1.29, 1.82) is 0 Å². The molecule has 0 fully saturated rings. The van der Waals surface area contributed by atoms with Gasteiger partial charge in [-0.2, -0.15) is 0 Å². The topological polar surface area (TPSA) is 55.6 Å². The predicted molar refractivity (Wildman–Crippen MR) is 85.3 cm³/mol. The highest BCUT2D eigenvalue weighted by atomic mass is 15.1. The molecular formula is C16H25N5. The van der Waals surface area contributed by atoms with E-state index in [2.05, 4.69) is 54.9 Å². The second kappa shape index (κ2) is 6.35. The van der Waals surface area contributed by atoms with E-state index in [-0.39, 0.29) is 0 Å². The van der Waals surface area contributed by atoms with Gasteiger partial charge in [-0.25, -0.2) is 15.0 Å². The molecule has 0 spiro atoms. The summed E-state index contributed by atoms with van der Waals surface area (Å²) in [6, 6.07) is 0.489. The van der Waals surface area contributed by atoms with Gasteiger partial charge in [-0.3, -0.25) is 0 Å². The fourth-order valence-corrected chi connectivity index (χ4v) is 2.64. The van der Waals surface area contributed by atoms with Crippen LogP contribution in [0.3, 0.4) is 0 Å². The van der Waals surface area contributed by atoms with Gasteiger partial charge in [0.05, 0.1) is 12.5 Å². The molecule has 2 rings (SSSR count). The van der Waals surface area contributed by atoms with Gasteiger partial charge in [-0.05, 0) is 25.3 Å². The fraction of sp³-hybridized carbons (Fsp3) is 0.562. The normalized spacial score (nSPS) is 12.9. The lowest BCUT2D eigenvalue weighted by Crippen LogP contribution is -2.27. The molecule has 2 aromatic heterocycles. The first kappa shape index (κ1) is 15.6. The molecule has 2 aromatic rings. The molecule has 1 unspecified atom stereocenters. The Morgan fingerprint density at radius 1 is 1.14 bits per heavy atom. The van der Waals surface area contributed by atoms with E-state index in [9.17, 15) is 0 Å². The molecule has 21 heavy (non-hydrogen) atoms. The van der Waals surface area contributed by atoms with Crippen LogP contribution >= 0.6 is 0 Å². The van der Waals surface area contributed by atoms with Crippen LogP contribution in [0.2, 0.25) is 0 Å². The predicted octanol–water partition coefficient (Wildman–Crippen LogP) is 2.60. The van der Waals surface area contributed by atoms with Crippen LogP contribution in [0.1, 0.15) is 43.6 Å². The standard InChI is InChI=1S/C16H25N5/c1-10(2)18-7-11(3)15-12(4)19-16(20-13(15)5)14-8-17-9-21(14)6/h8-11,18H,7H2,1-6H3. The lowest BCUT2D eigenvalue weighted by atomic mass is 9.97. The number of hydrogen-bond donors (Lipinski definition) is 1. The van der Waals surface area contributed by atoms with Crippen molar-refractivity contribution >= 4 is 0 Å². The van der Waals surface area contributed by atoms with Gasteiger partial charge in [0.2, 0.25) is 0 Å². The molecule has 5 nitrogen and oxygen atoms in total. The first-order valence-corrected chi connectivity index (χ1v) is 7.45. The fourth-order valence-electron chi connectivity index (χ4n) is 2.64. The van der Waals surface area contributed by atoms with Crippen molar-refractivity contribution in [3.63, 3.8) is 0 Å². The molecule has 1 atom stereocenters. The van der Waals surface area contributed by atoms with Gasteiger partial charge < -0.3 is 9.88 Å². The summed E-state index contributed by atoms with van der Waals surface area (Å²) in [6.45, 7) is 11.6. The molecule has 1 N–H and O–H groups in total. The molecule has 0 saturated carbocycles. The molecule has 0 radical (unpaired) electrons. The minimum atomic E-state index is 0.396. The minimum Gasteiger partial charge on any atom is -0.331 e. The number of rotatable bonds is 5. The summed E-state index contributed by atoms with van der Waals surface area (Å²) in [4.78, 5) is 13.5. The lowest BCUT2D eigenvalue weighted by molar-refractivity contribution is 0.544. The molecular weight excluding hydrogens is 262 g/mol.